The van der Waals surface area contributed by atoms with Crippen molar-refractivity contribution in [2.24, 2.45) is 4.99 Å². The number of piperidine rings is 1. The Hall–Kier alpha value is -1.75. The smallest absolute Gasteiger partial charge is 0.190 e. The van der Waals surface area contributed by atoms with Gasteiger partial charge in [-0.2, -0.15) is 0 Å². The highest BCUT2D eigenvalue weighted by atomic mass is 16.5. The molecule has 0 saturated carbocycles. The molecule has 1 aromatic carbocycles. The predicted molar refractivity (Wildman–Crippen MR) is 108 cm³/mol. The quantitative estimate of drug-likeness (QED) is 0.447. The van der Waals surface area contributed by atoms with Gasteiger partial charge >= 0.3 is 0 Å². The number of hydrogen-bond acceptors (Lipinski definition) is 3. The number of ether oxygens (including phenoxy) is 1. The predicted octanol–water partition coefficient (Wildman–Crippen LogP) is 2.59. The fourth-order valence-corrected chi connectivity index (χ4v) is 3.92. The van der Waals surface area contributed by atoms with Crippen LogP contribution in [0, 0.1) is 0 Å². The molecule has 2 N–H and O–H groups in total. The maximum Gasteiger partial charge on any atom is 0.190 e. The molecule has 3 rings (SSSR count). The number of likely N-dealkylation sites (tertiary alicyclic amines) is 1. The fourth-order valence-electron chi connectivity index (χ4n) is 3.92. The number of hydrogen-bond donors (Lipinski definition) is 2. The number of nitrogens with one attached hydrogen (secondary N) is 2. The largest absolute Gasteiger partial charge is 0.493 e. The summed E-state index contributed by atoms with van der Waals surface area (Å²) in [6.45, 7) is 7.49. The van der Waals surface area contributed by atoms with E-state index in [1.54, 1.807) is 0 Å². The van der Waals surface area contributed by atoms with Crippen LogP contribution < -0.4 is 15.4 Å². The SMILES string of the molecule is CN=C(NCCCN1CCCCC1C)NCCc1ccc2c(c1)CCO2. The summed E-state index contributed by atoms with van der Waals surface area (Å²) in [5.74, 6) is 1.96. The van der Waals surface area contributed by atoms with Crippen LogP contribution in [-0.4, -0.2) is 56.7 Å². The van der Waals surface area contributed by atoms with Gasteiger partial charge in [0.15, 0.2) is 5.96 Å². The first-order chi connectivity index (χ1) is 12.8. The Morgan fingerprint density at radius 1 is 1.27 bits per heavy atom. The van der Waals surface area contributed by atoms with Crippen LogP contribution in [0.15, 0.2) is 23.2 Å². The van der Waals surface area contributed by atoms with Gasteiger partial charge in [-0.05, 0) is 56.3 Å². The van der Waals surface area contributed by atoms with Crippen molar-refractivity contribution in [3.63, 3.8) is 0 Å². The van der Waals surface area contributed by atoms with Gasteiger partial charge in [-0.25, -0.2) is 0 Å². The lowest BCUT2D eigenvalue weighted by Crippen LogP contribution is -2.41. The number of aliphatic imine (C=N–C) groups is 1. The van der Waals surface area contributed by atoms with Crippen molar-refractivity contribution >= 4 is 5.96 Å². The minimum Gasteiger partial charge on any atom is -0.493 e. The topological polar surface area (TPSA) is 48.9 Å². The zero-order valence-electron chi connectivity index (χ0n) is 16.4. The average Bonchev–Trinajstić information content (AvgIpc) is 3.13. The van der Waals surface area contributed by atoms with Gasteiger partial charge < -0.3 is 20.3 Å². The highest BCUT2D eigenvalue weighted by molar-refractivity contribution is 5.79. The Morgan fingerprint density at radius 3 is 3.00 bits per heavy atom. The van der Waals surface area contributed by atoms with Gasteiger partial charge in [0.05, 0.1) is 6.61 Å². The first kappa shape index (κ1) is 19.0. The van der Waals surface area contributed by atoms with E-state index in [2.05, 4.69) is 45.6 Å². The third-order valence-electron chi connectivity index (χ3n) is 5.54. The molecule has 0 amide bonds. The maximum absolute atomic E-state index is 5.57. The van der Waals surface area contributed by atoms with E-state index in [1.165, 1.54) is 43.5 Å². The monoisotopic (exact) mass is 358 g/mol. The van der Waals surface area contributed by atoms with Crippen molar-refractivity contribution in [3.05, 3.63) is 29.3 Å². The van der Waals surface area contributed by atoms with E-state index in [1.807, 2.05) is 7.05 Å². The van der Waals surface area contributed by atoms with Crippen LogP contribution in [0.3, 0.4) is 0 Å². The molecule has 0 radical (unpaired) electrons. The van der Waals surface area contributed by atoms with Gasteiger partial charge in [-0.3, -0.25) is 4.99 Å². The molecule has 5 heteroatoms. The fraction of sp³-hybridized carbons (Fsp3) is 0.667. The molecule has 5 nitrogen and oxygen atoms in total. The molecule has 1 fully saturated rings. The number of benzene rings is 1. The summed E-state index contributed by atoms with van der Waals surface area (Å²) >= 11 is 0. The van der Waals surface area contributed by atoms with Crippen molar-refractivity contribution in [1.82, 2.24) is 15.5 Å². The molecule has 1 saturated heterocycles. The van der Waals surface area contributed by atoms with E-state index in [9.17, 15) is 0 Å². The van der Waals surface area contributed by atoms with Gasteiger partial charge in [-0.1, -0.05) is 18.6 Å². The molecule has 0 bridgehead atoms. The van der Waals surface area contributed by atoms with Gasteiger partial charge in [0.1, 0.15) is 5.75 Å². The molecule has 2 aliphatic rings. The summed E-state index contributed by atoms with van der Waals surface area (Å²) in [4.78, 5) is 6.96. The molecule has 0 spiro atoms. The molecule has 1 aromatic rings. The zero-order chi connectivity index (χ0) is 18.2. The third-order valence-corrected chi connectivity index (χ3v) is 5.54. The maximum atomic E-state index is 5.57. The standard InChI is InChI=1S/C21H34N4O/c1-17-6-3-4-13-25(17)14-5-11-23-21(22-2)24-12-9-18-7-8-20-19(16-18)10-15-26-20/h7-8,16-17H,3-6,9-15H2,1-2H3,(H2,22,23,24). The lowest BCUT2D eigenvalue weighted by Gasteiger charge is -2.33. The number of rotatable bonds is 7. The highest BCUT2D eigenvalue weighted by Gasteiger charge is 2.17. The van der Waals surface area contributed by atoms with E-state index in [4.69, 9.17) is 4.74 Å². The molecule has 1 unspecified atom stereocenters. The van der Waals surface area contributed by atoms with Crippen molar-refractivity contribution in [3.8, 4) is 5.75 Å². The molecular weight excluding hydrogens is 324 g/mol. The summed E-state index contributed by atoms with van der Waals surface area (Å²) in [7, 11) is 1.84. The van der Waals surface area contributed by atoms with E-state index in [0.717, 1.165) is 56.7 Å². The lowest BCUT2D eigenvalue weighted by atomic mass is 10.0. The first-order valence-corrected chi connectivity index (χ1v) is 10.2. The van der Waals surface area contributed by atoms with Crippen LogP contribution in [0.2, 0.25) is 0 Å². The summed E-state index contributed by atoms with van der Waals surface area (Å²) in [6, 6.07) is 7.30. The van der Waals surface area contributed by atoms with Crippen LogP contribution >= 0.6 is 0 Å². The molecule has 2 heterocycles. The van der Waals surface area contributed by atoms with Gasteiger partial charge in [0.25, 0.3) is 0 Å². The summed E-state index contributed by atoms with van der Waals surface area (Å²) in [5.41, 5.74) is 2.70. The van der Waals surface area contributed by atoms with Gasteiger partial charge in [-0.15, -0.1) is 0 Å². The molecule has 2 aliphatic heterocycles. The molecule has 0 aromatic heterocycles. The van der Waals surface area contributed by atoms with Gasteiger partial charge in [0, 0.05) is 39.1 Å². The van der Waals surface area contributed by atoms with E-state index >= 15 is 0 Å². The number of nitrogens with zero attached hydrogens (tertiary/aromatic N) is 2. The number of guanidine groups is 1. The summed E-state index contributed by atoms with van der Waals surface area (Å²) in [5, 5.41) is 6.87. The van der Waals surface area contributed by atoms with Crippen molar-refractivity contribution < 1.29 is 4.74 Å². The normalized spacial score (nSPS) is 20.5. The molecule has 1 atom stereocenters. The Morgan fingerprint density at radius 2 is 2.15 bits per heavy atom. The number of fused-ring (bicyclic) bond motifs is 1. The average molecular weight is 359 g/mol. The molecular formula is C21H34N4O. The Balaban J connectivity index is 1.32. The van der Waals surface area contributed by atoms with Crippen molar-refractivity contribution in [2.45, 2.75) is 51.5 Å². The third kappa shape index (κ3) is 5.37. The summed E-state index contributed by atoms with van der Waals surface area (Å²) in [6.07, 6.45) is 7.30. The van der Waals surface area contributed by atoms with Crippen LogP contribution in [0.25, 0.3) is 0 Å². The molecule has 26 heavy (non-hydrogen) atoms. The molecule has 144 valence electrons. The Labute approximate surface area is 158 Å². The van der Waals surface area contributed by atoms with Crippen molar-refractivity contribution in [2.75, 3.05) is 39.8 Å². The Bertz CT molecular complexity index is 602. The lowest BCUT2D eigenvalue weighted by molar-refractivity contribution is 0.159. The van der Waals surface area contributed by atoms with Crippen molar-refractivity contribution in [1.29, 1.82) is 0 Å². The second-order valence-corrected chi connectivity index (χ2v) is 7.45. The highest BCUT2D eigenvalue weighted by Crippen LogP contribution is 2.25. The van der Waals surface area contributed by atoms with E-state index < -0.39 is 0 Å². The second-order valence-electron chi connectivity index (χ2n) is 7.45. The molecule has 0 aliphatic carbocycles. The first-order valence-electron chi connectivity index (χ1n) is 10.2. The van der Waals surface area contributed by atoms with Crippen LogP contribution in [-0.2, 0) is 12.8 Å². The van der Waals surface area contributed by atoms with Gasteiger partial charge in [0.2, 0.25) is 0 Å². The zero-order valence-corrected chi connectivity index (χ0v) is 16.4. The van der Waals surface area contributed by atoms with E-state index in [-0.39, 0.29) is 0 Å². The second kappa shape index (κ2) is 9.81. The summed E-state index contributed by atoms with van der Waals surface area (Å²) < 4.78 is 5.57. The van der Waals surface area contributed by atoms with Crippen LogP contribution in [0.5, 0.6) is 5.75 Å². The minimum atomic E-state index is 0.749. The minimum absolute atomic E-state index is 0.749. The Kier molecular flexibility index (Phi) is 7.18. The van der Waals surface area contributed by atoms with Crippen LogP contribution in [0.4, 0.5) is 0 Å². The van der Waals surface area contributed by atoms with Crippen LogP contribution in [0.1, 0.15) is 43.7 Å². The van der Waals surface area contributed by atoms with E-state index in [0.29, 0.717) is 0 Å².